The summed E-state index contributed by atoms with van der Waals surface area (Å²) in [7, 11) is 2.58. The van der Waals surface area contributed by atoms with Crippen molar-refractivity contribution in [3.8, 4) is 0 Å². The largest absolute Gasteiger partial charge is 0.467 e. The number of ether oxygens (including phenoxy) is 2. The summed E-state index contributed by atoms with van der Waals surface area (Å²) in [6, 6.07) is -1.49. The van der Waals surface area contributed by atoms with E-state index in [2.05, 4.69) is 10.6 Å². The lowest BCUT2D eigenvalue weighted by molar-refractivity contribution is -0.149. The van der Waals surface area contributed by atoms with E-state index >= 15 is 0 Å². The van der Waals surface area contributed by atoms with Crippen LogP contribution in [0.4, 0.5) is 0 Å². The smallest absolute Gasteiger partial charge is 0.328 e. The molecule has 0 aromatic heterocycles. The Labute approximate surface area is 173 Å². The van der Waals surface area contributed by atoms with Crippen LogP contribution in [-0.2, 0) is 28.7 Å². The zero-order valence-electron chi connectivity index (χ0n) is 18.4. The first-order valence-electron chi connectivity index (χ1n) is 10.5. The second-order valence-electron chi connectivity index (χ2n) is 7.93. The van der Waals surface area contributed by atoms with Crippen molar-refractivity contribution in [2.24, 2.45) is 23.7 Å². The molecule has 0 spiro atoms. The van der Waals surface area contributed by atoms with Gasteiger partial charge in [0, 0.05) is 11.8 Å². The van der Waals surface area contributed by atoms with Gasteiger partial charge in [-0.1, -0.05) is 47.0 Å². The Balaban J connectivity index is 2.89. The number of hydrogen-bond acceptors (Lipinski definition) is 6. The Morgan fingerprint density at radius 2 is 1.14 bits per heavy atom. The maximum atomic E-state index is 12.9. The quantitative estimate of drug-likeness (QED) is 0.530. The summed E-state index contributed by atoms with van der Waals surface area (Å²) < 4.78 is 9.64. The van der Waals surface area contributed by atoms with E-state index in [1.165, 1.54) is 14.2 Å². The van der Waals surface area contributed by atoms with Crippen LogP contribution in [0.2, 0.25) is 0 Å². The number of nitrogens with one attached hydrogen (secondary N) is 2. The summed E-state index contributed by atoms with van der Waals surface area (Å²) in [4.78, 5) is 49.9. The van der Waals surface area contributed by atoms with Crippen LogP contribution in [0.3, 0.4) is 0 Å². The van der Waals surface area contributed by atoms with Gasteiger partial charge >= 0.3 is 11.9 Å². The normalized spacial score (nSPS) is 22.7. The van der Waals surface area contributed by atoms with Crippen LogP contribution in [0.5, 0.6) is 0 Å². The zero-order valence-corrected chi connectivity index (χ0v) is 18.4. The standard InChI is InChI=1S/C21H36N2O6/c1-7-12(3)16(20(26)28-5)22-18(24)14-10-9-11-15(14)19(25)23-17(13(4)8-2)21(27)29-6/h12-17H,7-11H2,1-6H3,(H,22,24)(H,23,25)/t12-,13-,14-,15-,16+,17?/m1/s1. The van der Waals surface area contributed by atoms with Crippen molar-refractivity contribution < 1.29 is 28.7 Å². The molecule has 29 heavy (non-hydrogen) atoms. The number of esters is 2. The molecule has 0 bridgehead atoms. The molecule has 2 N–H and O–H groups in total. The summed E-state index contributed by atoms with van der Waals surface area (Å²) in [5.41, 5.74) is 0. The molecule has 8 nitrogen and oxygen atoms in total. The first kappa shape index (κ1) is 24.9. The van der Waals surface area contributed by atoms with E-state index in [0.717, 1.165) is 6.42 Å². The van der Waals surface area contributed by atoms with Gasteiger partial charge in [0.2, 0.25) is 11.8 Å². The van der Waals surface area contributed by atoms with Crippen LogP contribution in [0, 0.1) is 23.7 Å². The number of carbonyl (C=O) groups is 4. The van der Waals surface area contributed by atoms with Gasteiger partial charge in [-0.3, -0.25) is 9.59 Å². The van der Waals surface area contributed by atoms with Crippen molar-refractivity contribution in [2.45, 2.75) is 71.9 Å². The molecule has 1 aliphatic rings. The molecule has 2 amide bonds. The molecule has 1 aliphatic carbocycles. The van der Waals surface area contributed by atoms with Crippen LogP contribution in [0.25, 0.3) is 0 Å². The number of hydrogen-bond donors (Lipinski definition) is 2. The lowest BCUT2D eigenvalue weighted by atomic mass is 9.91. The Hall–Kier alpha value is -2.12. The van der Waals surface area contributed by atoms with Crippen molar-refractivity contribution in [2.75, 3.05) is 14.2 Å². The van der Waals surface area contributed by atoms with Gasteiger partial charge in [0.15, 0.2) is 0 Å². The number of methoxy groups -OCH3 is 2. The summed E-state index contributed by atoms with van der Waals surface area (Å²) in [5.74, 6) is -2.89. The summed E-state index contributed by atoms with van der Waals surface area (Å²) in [6.45, 7) is 7.60. The fourth-order valence-corrected chi connectivity index (χ4v) is 3.70. The summed E-state index contributed by atoms with van der Waals surface area (Å²) in [5, 5.41) is 5.56. The minimum absolute atomic E-state index is 0.0887. The second-order valence-corrected chi connectivity index (χ2v) is 7.93. The average molecular weight is 413 g/mol. The van der Waals surface area contributed by atoms with Gasteiger partial charge in [-0.25, -0.2) is 9.59 Å². The molecule has 6 atom stereocenters. The maximum absolute atomic E-state index is 12.9. The van der Waals surface area contributed by atoms with Gasteiger partial charge in [-0.2, -0.15) is 0 Å². The summed E-state index contributed by atoms with van der Waals surface area (Å²) >= 11 is 0. The van der Waals surface area contributed by atoms with E-state index in [1.54, 1.807) is 0 Å². The van der Waals surface area contributed by atoms with E-state index in [1.807, 2.05) is 27.7 Å². The first-order valence-corrected chi connectivity index (χ1v) is 10.5. The highest BCUT2D eigenvalue weighted by atomic mass is 16.5. The van der Waals surface area contributed by atoms with Crippen molar-refractivity contribution in [3.63, 3.8) is 0 Å². The predicted molar refractivity (Wildman–Crippen MR) is 108 cm³/mol. The number of rotatable bonds is 10. The molecular weight excluding hydrogens is 376 g/mol. The molecule has 0 aromatic carbocycles. The zero-order chi connectivity index (χ0) is 22.1. The predicted octanol–water partition coefficient (Wildman–Crippen LogP) is 1.81. The van der Waals surface area contributed by atoms with E-state index in [0.29, 0.717) is 25.7 Å². The van der Waals surface area contributed by atoms with Gasteiger partial charge in [0.1, 0.15) is 12.1 Å². The highest BCUT2D eigenvalue weighted by molar-refractivity contribution is 5.92. The molecular formula is C21H36N2O6. The Morgan fingerprint density at radius 1 is 0.793 bits per heavy atom. The molecule has 0 heterocycles. The minimum atomic E-state index is -0.746. The fourth-order valence-electron chi connectivity index (χ4n) is 3.70. The molecule has 166 valence electrons. The van der Waals surface area contributed by atoms with E-state index in [4.69, 9.17) is 9.47 Å². The van der Waals surface area contributed by atoms with Crippen molar-refractivity contribution >= 4 is 23.8 Å². The van der Waals surface area contributed by atoms with E-state index in [9.17, 15) is 19.2 Å². The molecule has 1 unspecified atom stereocenters. The average Bonchev–Trinajstić information content (AvgIpc) is 3.23. The van der Waals surface area contributed by atoms with Gasteiger partial charge in [-0.05, 0) is 24.7 Å². The van der Waals surface area contributed by atoms with Crippen molar-refractivity contribution in [1.82, 2.24) is 10.6 Å². The van der Waals surface area contributed by atoms with Crippen molar-refractivity contribution in [3.05, 3.63) is 0 Å². The lowest BCUT2D eigenvalue weighted by Gasteiger charge is -2.27. The third-order valence-corrected chi connectivity index (χ3v) is 6.12. The third kappa shape index (κ3) is 6.44. The Bertz CT molecular complexity index is 544. The molecule has 0 aromatic rings. The van der Waals surface area contributed by atoms with Crippen LogP contribution in [-0.4, -0.2) is 50.1 Å². The fraction of sp³-hybridized carbons (Fsp3) is 0.810. The molecule has 1 fully saturated rings. The molecule has 1 rings (SSSR count). The molecule has 8 heteroatoms. The highest BCUT2D eigenvalue weighted by Crippen LogP contribution is 2.33. The third-order valence-electron chi connectivity index (χ3n) is 6.12. The van der Waals surface area contributed by atoms with Crippen LogP contribution in [0.1, 0.15) is 59.8 Å². The van der Waals surface area contributed by atoms with Gasteiger partial charge in [0.05, 0.1) is 14.2 Å². The lowest BCUT2D eigenvalue weighted by Crippen LogP contribution is -2.51. The monoisotopic (exact) mass is 412 g/mol. The van der Waals surface area contributed by atoms with Gasteiger partial charge in [-0.15, -0.1) is 0 Å². The molecule has 0 saturated heterocycles. The second kappa shape index (κ2) is 11.8. The highest BCUT2D eigenvalue weighted by Gasteiger charge is 2.41. The van der Waals surface area contributed by atoms with Crippen molar-refractivity contribution in [1.29, 1.82) is 0 Å². The van der Waals surface area contributed by atoms with Crippen LogP contribution in [0.15, 0.2) is 0 Å². The molecule has 1 saturated carbocycles. The van der Waals surface area contributed by atoms with Crippen LogP contribution >= 0.6 is 0 Å². The van der Waals surface area contributed by atoms with Gasteiger partial charge < -0.3 is 20.1 Å². The molecule has 0 aliphatic heterocycles. The topological polar surface area (TPSA) is 111 Å². The Kier molecular flexibility index (Phi) is 10.1. The first-order chi connectivity index (χ1) is 13.7. The maximum Gasteiger partial charge on any atom is 0.328 e. The van der Waals surface area contributed by atoms with E-state index < -0.39 is 35.9 Å². The minimum Gasteiger partial charge on any atom is -0.467 e. The number of amides is 2. The Morgan fingerprint density at radius 3 is 1.41 bits per heavy atom. The summed E-state index contributed by atoms with van der Waals surface area (Å²) in [6.07, 6.45) is 3.25. The van der Waals surface area contributed by atoms with E-state index in [-0.39, 0.29) is 23.7 Å². The van der Waals surface area contributed by atoms with Gasteiger partial charge in [0.25, 0.3) is 0 Å². The number of carbonyl (C=O) groups excluding carboxylic acids is 4. The molecule has 0 radical (unpaired) electrons. The SMILES string of the molecule is CC[C@@H](C)C(NC(=O)[C@@H]1CCC[C@H]1C(=O)N[C@H](C(=O)OC)[C@H](C)CC)C(=O)OC. The van der Waals surface area contributed by atoms with Crippen LogP contribution < -0.4 is 10.6 Å².